The first-order chi connectivity index (χ1) is 6.74. The van der Waals surface area contributed by atoms with Gasteiger partial charge in [-0.05, 0) is 12.5 Å². The van der Waals surface area contributed by atoms with Gasteiger partial charge in [0.05, 0.1) is 6.07 Å². The van der Waals surface area contributed by atoms with Gasteiger partial charge in [0.1, 0.15) is 10.7 Å². The van der Waals surface area contributed by atoms with Crippen LogP contribution in [-0.4, -0.2) is 4.92 Å². The van der Waals surface area contributed by atoms with Crippen LogP contribution in [0.15, 0.2) is 16.5 Å². The van der Waals surface area contributed by atoms with Crippen molar-refractivity contribution in [2.24, 2.45) is 0 Å². The van der Waals surface area contributed by atoms with Crippen LogP contribution in [0.2, 0.25) is 0 Å². The van der Waals surface area contributed by atoms with Crippen molar-refractivity contribution in [1.82, 2.24) is 0 Å². The zero-order chi connectivity index (χ0) is 10.4. The van der Waals surface area contributed by atoms with E-state index in [4.69, 9.17) is 4.42 Å². The lowest BCUT2D eigenvalue weighted by Crippen LogP contribution is -1.84. The standard InChI is InChI=1S/C10H15NO3/c1-2-3-4-5-6-9-7-8-10(14-9)11(12)13/h7-8H,2-6H2,1H3. The minimum atomic E-state index is -0.504. The normalized spacial score (nSPS) is 10.4. The Hall–Kier alpha value is -1.32. The summed E-state index contributed by atoms with van der Waals surface area (Å²) in [5.74, 6) is 0.559. The summed E-state index contributed by atoms with van der Waals surface area (Å²) in [7, 11) is 0. The minimum absolute atomic E-state index is 0.157. The Morgan fingerprint density at radius 2 is 2.14 bits per heavy atom. The molecule has 1 heterocycles. The van der Waals surface area contributed by atoms with E-state index >= 15 is 0 Å². The van der Waals surface area contributed by atoms with Crippen LogP contribution in [0.5, 0.6) is 0 Å². The fourth-order valence-corrected chi connectivity index (χ4v) is 1.33. The molecule has 0 spiro atoms. The molecule has 0 aliphatic rings. The number of aryl methyl sites for hydroxylation is 1. The lowest BCUT2D eigenvalue weighted by Gasteiger charge is -1.95. The Balaban J connectivity index is 2.33. The van der Waals surface area contributed by atoms with Gasteiger partial charge in [-0.25, -0.2) is 0 Å². The van der Waals surface area contributed by atoms with Crippen LogP contribution in [0.3, 0.4) is 0 Å². The van der Waals surface area contributed by atoms with Crippen molar-refractivity contribution in [1.29, 1.82) is 0 Å². The predicted molar refractivity (Wildman–Crippen MR) is 53.2 cm³/mol. The van der Waals surface area contributed by atoms with Gasteiger partial charge in [-0.15, -0.1) is 0 Å². The molecule has 0 aliphatic carbocycles. The highest BCUT2D eigenvalue weighted by Gasteiger charge is 2.10. The van der Waals surface area contributed by atoms with E-state index in [1.807, 2.05) is 0 Å². The molecule has 1 rings (SSSR count). The monoisotopic (exact) mass is 197 g/mol. The van der Waals surface area contributed by atoms with E-state index in [-0.39, 0.29) is 5.88 Å². The second kappa shape index (κ2) is 5.42. The molecule has 0 atom stereocenters. The Kier molecular flexibility index (Phi) is 4.16. The number of furan rings is 1. The van der Waals surface area contributed by atoms with Crippen molar-refractivity contribution in [2.75, 3.05) is 0 Å². The van der Waals surface area contributed by atoms with Crippen molar-refractivity contribution < 1.29 is 9.34 Å². The molecule has 0 saturated heterocycles. The fraction of sp³-hybridized carbons (Fsp3) is 0.600. The molecule has 0 aliphatic heterocycles. The first kappa shape index (κ1) is 10.8. The van der Waals surface area contributed by atoms with Crippen molar-refractivity contribution in [3.05, 3.63) is 28.0 Å². The van der Waals surface area contributed by atoms with E-state index < -0.39 is 4.92 Å². The van der Waals surface area contributed by atoms with Crippen molar-refractivity contribution in [2.45, 2.75) is 39.0 Å². The summed E-state index contributed by atoms with van der Waals surface area (Å²) in [5, 5.41) is 10.3. The number of rotatable bonds is 6. The first-order valence-corrected chi connectivity index (χ1v) is 4.97. The number of nitro groups is 1. The molecule has 4 heteroatoms. The van der Waals surface area contributed by atoms with Gasteiger partial charge in [0.2, 0.25) is 0 Å². The highest BCUT2D eigenvalue weighted by Crippen LogP contribution is 2.17. The maximum atomic E-state index is 10.3. The highest BCUT2D eigenvalue weighted by molar-refractivity contribution is 5.17. The van der Waals surface area contributed by atoms with E-state index in [0.717, 1.165) is 19.3 Å². The minimum Gasteiger partial charge on any atom is -0.406 e. The lowest BCUT2D eigenvalue weighted by molar-refractivity contribution is -0.402. The van der Waals surface area contributed by atoms with Crippen LogP contribution in [0.25, 0.3) is 0 Å². The average molecular weight is 197 g/mol. The summed E-state index contributed by atoms with van der Waals surface area (Å²) in [4.78, 5) is 9.80. The van der Waals surface area contributed by atoms with Crippen LogP contribution < -0.4 is 0 Å². The summed E-state index contributed by atoms with van der Waals surface area (Å²) in [6.07, 6.45) is 5.40. The third-order valence-corrected chi connectivity index (χ3v) is 2.10. The molecule has 1 aromatic rings. The molecule has 14 heavy (non-hydrogen) atoms. The zero-order valence-electron chi connectivity index (χ0n) is 8.36. The van der Waals surface area contributed by atoms with E-state index in [1.165, 1.54) is 18.9 Å². The van der Waals surface area contributed by atoms with E-state index in [2.05, 4.69) is 6.92 Å². The third-order valence-electron chi connectivity index (χ3n) is 2.10. The van der Waals surface area contributed by atoms with Gasteiger partial charge < -0.3 is 4.42 Å². The predicted octanol–water partition coefficient (Wildman–Crippen LogP) is 3.31. The van der Waals surface area contributed by atoms with Gasteiger partial charge in [0, 0.05) is 6.42 Å². The van der Waals surface area contributed by atoms with E-state index in [9.17, 15) is 10.1 Å². The summed E-state index contributed by atoms with van der Waals surface area (Å²) in [6, 6.07) is 3.10. The summed E-state index contributed by atoms with van der Waals surface area (Å²) >= 11 is 0. The molecule has 0 fully saturated rings. The quantitative estimate of drug-likeness (QED) is 0.399. The number of nitrogens with zero attached hydrogens (tertiary/aromatic N) is 1. The molecule has 0 aromatic carbocycles. The molecule has 78 valence electrons. The SMILES string of the molecule is CCCCCCc1ccc([N+](=O)[O-])o1. The molecule has 4 nitrogen and oxygen atoms in total. The average Bonchev–Trinajstić information content (AvgIpc) is 2.61. The van der Waals surface area contributed by atoms with E-state index in [0.29, 0.717) is 5.76 Å². The van der Waals surface area contributed by atoms with Gasteiger partial charge in [-0.2, -0.15) is 0 Å². The second-order valence-corrected chi connectivity index (χ2v) is 3.31. The highest BCUT2D eigenvalue weighted by atomic mass is 16.6. The molecule has 0 radical (unpaired) electrons. The molecule has 0 unspecified atom stereocenters. The topological polar surface area (TPSA) is 56.3 Å². The molecular formula is C10H15NO3. The maximum absolute atomic E-state index is 10.3. The number of hydrogen-bond donors (Lipinski definition) is 0. The van der Waals surface area contributed by atoms with Gasteiger partial charge >= 0.3 is 5.88 Å². The van der Waals surface area contributed by atoms with Crippen molar-refractivity contribution in [3.8, 4) is 0 Å². The smallest absolute Gasteiger partial charge is 0.406 e. The Morgan fingerprint density at radius 3 is 2.71 bits per heavy atom. The van der Waals surface area contributed by atoms with Gasteiger partial charge in [0.15, 0.2) is 0 Å². The fourth-order valence-electron chi connectivity index (χ4n) is 1.33. The number of unbranched alkanes of at least 4 members (excludes halogenated alkanes) is 3. The van der Waals surface area contributed by atoms with Crippen LogP contribution in [0.4, 0.5) is 5.88 Å². The zero-order valence-corrected chi connectivity index (χ0v) is 8.36. The van der Waals surface area contributed by atoms with Gasteiger partial charge in [-0.1, -0.05) is 26.2 Å². The van der Waals surface area contributed by atoms with Crippen LogP contribution in [-0.2, 0) is 6.42 Å². The van der Waals surface area contributed by atoms with Crippen molar-refractivity contribution >= 4 is 5.88 Å². The number of hydrogen-bond acceptors (Lipinski definition) is 3. The maximum Gasteiger partial charge on any atom is 0.433 e. The molecule has 0 bridgehead atoms. The molecular weight excluding hydrogens is 182 g/mol. The molecule has 0 amide bonds. The lowest BCUT2D eigenvalue weighted by atomic mass is 10.1. The first-order valence-electron chi connectivity index (χ1n) is 4.97. The van der Waals surface area contributed by atoms with Crippen LogP contribution >= 0.6 is 0 Å². The van der Waals surface area contributed by atoms with Crippen LogP contribution in [0.1, 0.15) is 38.4 Å². The summed E-state index contributed by atoms with van der Waals surface area (Å²) in [5.41, 5.74) is 0. The molecule has 0 saturated carbocycles. The van der Waals surface area contributed by atoms with Crippen molar-refractivity contribution in [3.63, 3.8) is 0 Å². The van der Waals surface area contributed by atoms with Gasteiger partial charge in [0.25, 0.3) is 0 Å². The second-order valence-electron chi connectivity index (χ2n) is 3.31. The van der Waals surface area contributed by atoms with Crippen LogP contribution in [0, 0.1) is 10.1 Å². The summed E-state index contributed by atoms with van der Waals surface area (Å²) < 4.78 is 5.03. The van der Waals surface area contributed by atoms with Gasteiger partial charge in [-0.3, -0.25) is 10.1 Å². The molecule has 0 N–H and O–H groups in total. The Bertz CT molecular complexity index is 293. The Labute approximate surface area is 83.1 Å². The summed E-state index contributed by atoms with van der Waals surface area (Å²) in [6.45, 7) is 2.15. The largest absolute Gasteiger partial charge is 0.433 e. The molecule has 1 aromatic heterocycles. The third kappa shape index (κ3) is 3.20. The Morgan fingerprint density at radius 1 is 1.36 bits per heavy atom. The van der Waals surface area contributed by atoms with E-state index in [1.54, 1.807) is 6.07 Å².